The van der Waals surface area contributed by atoms with E-state index in [2.05, 4.69) is 21.2 Å². The first kappa shape index (κ1) is 18.0. The van der Waals surface area contributed by atoms with E-state index in [4.69, 9.17) is 9.47 Å². The van der Waals surface area contributed by atoms with Crippen LogP contribution in [0.25, 0.3) is 0 Å². The number of nitrogens with one attached hydrogen (secondary N) is 1. The van der Waals surface area contributed by atoms with Gasteiger partial charge in [-0.1, -0.05) is 28.1 Å². The number of rotatable bonds is 8. The normalized spacial score (nSPS) is 10.1. The molecule has 0 radical (unpaired) electrons. The number of methoxy groups -OCH3 is 1. The van der Waals surface area contributed by atoms with Crippen molar-refractivity contribution in [1.82, 2.24) is 5.32 Å². The van der Waals surface area contributed by atoms with E-state index in [9.17, 15) is 9.59 Å². The number of hydrogen-bond donors (Lipinski definition) is 1. The third-order valence-corrected chi connectivity index (χ3v) is 3.85. The molecule has 0 spiro atoms. The average Bonchev–Trinajstić information content (AvgIpc) is 2.61. The zero-order valence-electron chi connectivity index (χ0n) is 13.3. The molecule has 2 aromatic rings. The van der Waals surface area contributed by atoms with Crippen molar-refractivity contribution < 1.29 is 19.1 Å². The van der Waals surface area contributed by atoms with Crippen LogP contribution in [-0.2, 0) is 11.2 Å². The van der Waals surface area contributed by atoms with E-state index < -0.39 is 0 Å². The predicted octanol–water partition coefficient (Wildman–Crippen LogP) is 3.01. The summed E-state index contributed by atoms with van der Waals surface area (Å²) < 4.78 is 11.3. The molecule has 24 heavy (non-hydrogen) atoms. The van der Waals surface area contributed by atoms with E-state index in [1.54, 1.807) is 25.3 Å². The van der Waals surface area contributed by atoms with Gasteiger partial charge in [0.05, 0.1) is 12.7 Å². The van der Waals surface area contributed by atoms with Gasteiger partial charge in [0.25, 0.3) is 5.91 Å². The average molecular weight is 392 g/mol. The number of benzene rings is 2. The molecule has 5 nitrogen and oxygen atoms in total. The molecule has 1 N–H and O–H groups in total. The Balaban J connectivity index is 1.76. The number of carbonyl (C=O) groups is 2. The van der Waals surface area contributed by atoms with Crippen LogP contribution in [0.2, 0.25) is 0 Å². The first-order valence-electron chi connectivity index (χ1n) is 7.39. The second-order valence-corrected chi connectivity index (χ2v) is 5.95. The van der Waals surface area contributed by atoms with Gasteiger partial charge in [-0.05, 0) is 42.3 Å². The van der Waals surface area contributed by atoms with Crippen molar-refractivity contribution in [1.29, 1.82) is 0 Å². The van der Waals surface area contributed by atoms with Crippen LogP contribution in [-0.4, -0.2) is 32.5 Å². The van der Waals surface area contributed by atoms with Crippen LogP contribution in [0.5, 0.6) is 11.5 Å². The standard InChI is InChI=1S/C18H18BrNO4/c1-23-16-5-2-13(3-6-16)8-9-20-18(22)12-24-17-7-4-15(19)10-14(17)11-21/h2-7,10-11H,8-9,12H2,1H3,(H,20,22). The molecule has 0 fully saturated rings. The maximum atomic E-state index is 11.8. The summed E-state index contributed by atoms with van der Waals surface area (Å²) in [7, 11) is 1.62. The Morgan fingerprint density at radius 1 is 1.21 bits per heavy atom. The van der Waals surface area contributed by atoms with E-state index in [0.717, 1.165) is 15.8 Å². The first-order chi connectivity index (χ1) is 11.6. The van der Waals surface area contributed by atoms with Gasteiger partial charge >= 0.3 is 0 Å². The first-order valence-corrected chi connectivity index (χ1v) is 8.19. The molecule has 0 bridgehead atoms. The van der Waals surface area contributed by atoms with Gasteiger partial charge in [0.2, 0.25) is 0 Å². The molecule has 1 amide bonds. The molecule has 2 rings (SSSR count). The number of ether oxygens (including phenoxy) is 2. The minimum absolute atomic E-state index is 0.134. The number of halogens is 1. The third-order valence-electron chi connectivity index (χ3n) is 3.35. The van der Waals surface area contributed by atoms with Gasteiger partial charge < -0.3 is 14.8 Å². The van der Waals surface area contributed by atoms with Gasteiger partial charge in [0, 0.05) is 11.0 Å². The van der Waals surface area contributed by atoms with Crippen molar-refractivity contribution in [2.75, 3.05) is 20.3 Å². The Kier molecular flexibility index (Phi) is 6.81. The number of aldehydes is 1. The Hall–Kier alpha value is -2.34. The van der Waals surface area contributed by atoms with Crippen molar-refractivity contribution in [3.63, 3.8) is 0 Å². The molecule has 2 aromatic carbocycles. The molecule has 0 atom stereocenters. The van der Waals surface area contributed by atoms with E-state index in [0.29, 0.717) is 30.6 Å². The fraction of sp³-hybridized carbons (Fsp3) is 0.222. The maximum Gasteiger partial charge on any atom is 0.257 e. The Morgan fingerprint density at radius 2 is 1.96 bits per heavy atom. The summed E-state index contributed by atoms with van der Waals surface area (Å²) in [5.74, 6) is 0.957. The molecule has 0 saturated carbocycles. The van der Waals surface area contributed by atoms with Crippen LogP contribution in [0.1, 0.15) is 15.9 Å². The van der Waals surface area contributed by atoms with Crippen molar-refractivity contribution >= 4 is 28.1 Å². The summed E-state index contributed by atoms with van der Waals surface area (Å²) in [6.45, 7) is 0.375. The maximum absolute atomic E-state index is 11.8. The number of amides is 1. The fourth-order valence-electron chi connectivity index (χ4n) is 2.08. The quantitative estimate of drug-likeness (QED) is 0.702. The Bertz CT molecular complexity index is 701. The van der Waals surface area contributed by atoms with Gasteiger partial charge in [-0.25, -0.2) is 0 Å². The Labute approximate surface area is 149 Å². The highest BCUT2D eigenvalue weighted by Gasteiger charge is 2.07. The molecule has 0 aromatic heterocycles. The van der Waals surface area contributed by atoms with E-state index >= 15 is 0 Å². The lowest BCUT2D eigenvalue weighted by Crippen LogP contribution is -2.30. The lowest BCUT2D eigenvalue weighted by molar-refractivity contribution is -0.123. The SMILES string of the molecule is COc1ccc(CCNC(=O)COc2ccc(Br)cc2C=O)cc1. The monoisotopic (exact) mass is 391 g/mol. The molecule has 0 aliphatic carbocycles. The summed E-state index contributed by atoms with van der Waals surface area (Å²) in [5.41, 5.74) is 1.50. The highest BCUT2D eigenvalue weighted by atomic mass is 79.9. The van der Waals surface area contributed by atoms with Gasteiger partial charge in [-0.3, -0.25) is 9.59 Å². The second kappa shape index (κ2) is 9.08. The zero-order valence-corrected chi connectivity index (χ0v) is 14.8. The van der Waals surface area contributed by atoms with Crippen LogP contribution < -0.4 is 14.8 Å². The van der Waals surface area contributed by atoms with E-state index in [1.165, 1.54) is 0 Å². The highest BCUT2D eigenvalue weighted by molar-refractivity contribution is 9.10. The van der Waals surface area contributed by atoms with Crippen LogP contribution >= 0.6 is 15.9 Å². The molecule has 0 saturated heterocycles. The van der Waals surface area contributed by atoms with Gasteiger partial charge in [0.15, 0.2) is 12.9 Å². The predicted molar refractivity (Wildman–Crippen MR) is 94.7 cm³/mol. The molecule has 0 aliphatic heterocycles. The number of carbonyl (C=O) groups excluding carboxylic acids is 2. The summed E-state index contributed by atoms with van der Waals surface area (Å²) >= 11 is 3.28. The zero-order chi connectivity index (χ0) is 17.4. The van der Waals surface area contributed by atoms with Gasteiger partial charge in [0.1, 0.15) is 11.5 Å². The molecule has 126 valence electrons. The molecule has 0 aliphatic rings. The molecule has 0 heterocycles. The van der Waals surface area contributed by atoms with Gasteiger partial charge in [-0.15, -0.1) is 0 Å². The van der Waals surface area contributed by atoms with Crippen LogP contribution in [0.4, 0.5) is 0 Å². The summed E-state index contributed by atoms with van der Waals surface area (Å²) in [6.07, 6.45) is 1.41. The molecular weight excluding hydrogens is 374 g/mol. The van der Waals surface area contributed by atoms with Gasteiger partial charge in [-0.2, -0.15) is 0 Å². The molecule has 0 unspecified atom stereocenters. The minimum atomic E-state index is -0.233. The fourth-order valence-corrected chi connectivity index (χ4v) is 2.45. The van der Waals surface area contributed by atoms with Crippen molar-refractivity contribution in [3.05, 3.63) is 58.1 Å². The summed E-state index contributed by atoms with van der Waals surface area (Å²) in [6, 6.07) is 12.7. The highest BCUT2D eigenvalue weighted by Crippen LogP contribution is 2.21. The van der Waals surface area contributed by atoms with Crippen LogP contribution in [0, 0.1) is 0 Å². The topological polar surface area (TPSA) is 64.6 Å². The second-order valence-electron chi connectivity index (χ2n) is 5.04. The number of hydrogen-bond acceptors (Lipinski definition) is 4. The minimum Gasteiger partial charge on any atom is -0.497 e. The van der Waals surface area contributed by atoms with E-state index in [-0.39, 0.29) is 12.5 Å². The lowest BCUT2D eigenvalue weighted by atomic mass is 10.1. The lowest BCUT2D eigenvalue weighted by Gasteiger charge is -2.09. The van der Waals surface area contributed by atoms with Crippen LogP contribution in [0.3, 0.4) is 0 Å². The van der Waals surface area contributed by atoms with Crippen molar-refractivity contribution in [2.24, 2.45) is 0 Å². The van der Waals surface area contributed by atoms with Crippen molar-refractivity contribution in [2.45, 2.75) is 6.42 Å². The van der Waals surface area contributed by atoms with Crippen LogP contribution in [0.15, 0.2) is 46.9 Å². The van der Waals surface area contributed by atoms with E-state index in [1.807, 2.05) is 24.3 Å². The molecule has 6 heteroatoms. The largest absolute Gasteiger partial charge is 0.497 e. The molecular formula is C18H18BrNO4. The Morgan fingerprint density at radius 3 is 2.62 bits per heavy atom. The third kappa shape index (κ3) is 5.38. The van der Waals surface area contributed by atoms with Crippen molar-refractivity contribution in [3.8, 4) is 11.5 Å². The summed E-state index contributed by atoms with van der Waals surface area (Å²) in [5, 5.41) is 2.79. The smallest absolute Gasteiger partial charge is 0.257 e. The summed E-state index contributed by atoms with van der Waals surface area (Å²) in [4.78, 5) is 22.8.